The van der Waals surface area contributed by atoms with E-state index in [9.17, 15) is 9.59 Å². The molecule has 1 atom stereocenters. The average molecular weight is 288 g/mol. The molecule has 2 aromatic rings. The third-order valence-corrected chi connectivity index (χ3v) is 3.56. The number of hydrogen-bond acceptors (Lipinski definition) is 3. The Labute approximate surface area is 123 Å². The summed E-state index contributed by atoms with van der Waals surface area (Å²) in [6.07, 6.45) is 0.487. The molecular formula is C16H20N2O3. The highest BCUT2D eigenvalue weighted by molar-refractivity contribution is 5.96. The summed E-state index contributed by atoms with van der Waals surface area (Å²) in [4.78, 5) is 26.8. The van der Waals surface area contributed by atoms with Crippen molar-refractivity contribution in [2.45, 2.75) is 26.3 Å². The van der Waals surface area contributed by atoms with Gasteiger partial charge in [0.2, 0.25) is 0 Å². The maximum Gasteiger partial charge on any atom is 0.268 e. The second-order valence-corrected chi connectivity index (χ2v) is 5.44. The number of benzene rings is 1. The Balaban J connectivity index is 2.29. The van der Waals surface area contributed by atoms with Crippen LogP contribution in [-0.2, 0) is 0 Å². The summed E-state index contributed by atoms with van der Waals surface area (Å²) >= 11 is 0. The molecule has 1 heterocycles. The summed E-state index contributed by atoms with van der Waals surface area (Å²) in [6, 6.07) is 8.67. The number of H-pyrrole nitrogens is 1. The van der Waals surface area contributed by atoms with Gasteiger partial charge in [-0.1, -0.05) is 32.0 Å². The van der Waals surface area contributed by atoms with E-state index in [-0.39, 0.29) is 35.7 Å². The van der Waals surface area contributed by atoms with Crippen LogP contribution in [0.2, 0.25) is 0 Å². The molecule has 5 nitrogen and oxygen atoms in total. The van der Waals surface area contributed by atoms with Crippen molar-refractivity contribution in [3.8, 4) is 0 Å². The quantitative estimate of drug-likeness (QED) is 0.782. The summed E-state index contributed by atoms with van der Waals surface area (Å²) in [5.41, 5.74) is -0.0382. The lowest BCUT2D eigenvalue weighted by Gasteiger charge is -2.21. The summed E-state index contributed by atoms with van der Waals surface area (Å²) < 4.78 is 0. The third kappa shape index (κ3) is 3.49. The zero-order valence-electron chi connectivity index (χ0n) is 12.2. The van der Waals surface area contributed by atoms with Crippen molar-refractivity contribution in [1.82, 2.24) is 10.3 Å². The molecule has 1 amide bonds. The zero-order valence-corrected chi connectivity index (χ0v) is 12.2. The van der Waals surface area contributed by atoms with Gasteiger partial charge in [0.25, 0.3) is 11.5 Å². The van der Waals surface area contributed by atoms with E-state index in [1.54, 1.807) is 24.3 Å². The molecular weight excluding hydrogens is 268 g/mol. The molecule has 0 bridgehead atoms. The Bertz CT molecular complexity index is 691. The molecule has 2 rings (SSSR count). The Kier molecular flexibility index (Phi) is 4.75. The van der Waals surface area contributed by atoms with Crippen LogP contribution in [0.25, 0.3) is 10.8 Å². The van der Waals surface area contributed by atoms with Crippen LogP contribution in [0.1, 0.15) is 30.8 Å². The van der Waals surface area contributed by atoms with Gasteiger partial charge >= 0.3 is 0 Å². The first-order valence-corrected chi connectivity index (χ1v) is 7.06. The number of fused-ring (bicyclic) bond motifs is 1. The van der Waals surface area contributed by atoms with E-state index in [1.807, 2.05) is 19.9 Å². The molecule has 0 saturated carbocycles. The van der Waals surface area contributed by atoms with Crippen molar-refractivity contribution in [3.05, 3.63) is 46.4 Å². The fraction of sp³-hybridized carbons (Fsp3) is 0.375. The lowest BCUT2D eigenvalue weighted by molar-refractivity contribution is 0.0911. The van der Waals surface area contributed by atoms with Gasteiger partial charge < -0.3 is 15.4 Å². The van der Waals surface area contributed by atoms with Crippen LogP contribution in [0.4, 0.5) is 0 Å². The molecule has 21 heavy (non-hydrogen) atoms. The van der Waals surface area contributed by atoms with Crippen molar-refractivity contribution < 1.29 is 9.90 Å². The van der Waals surface area contributed by atoms with Crippen LogP contribution >= 0.6 is 0 Å². The first-order valence-electron chi connectivity index (χ1n) is 7.06. The first kappa shape index (κ1) is 15.3. The largest absolute Gasteiger partial charge is 0.396 e. The second-order valence-electron chi connectivity index (χ2n) is 5.44. The molecule has 0 saturated heterocycles. The molecule has 3 N–H and O–H groups in total. The van der Waals surface area contributed by atoms with Crippen molar-refractivity contribution in [1.29, 1.82) is 0 Å². The van der Waals surface area contributed by atoms with Crippen molar-refractivity contribution in [2.75, 3.05) is 6.61 Å². The van der Waals surface area contributed by atoms with Crippen LogP contribution in [0.5, 0.6) is 0 Å². The van der Waals surface area contributed by atoms with Crippen LogP contribution in [0.15, 0.2) is 35.1 Å². The van der Waals surface area contributed by atoms with Gasteiger partial charge in [0.05, 0.1) is 0 Å². The van der Waals surface area contributed by atoms with Gasteiger partial charge in [-0.25, -0.2) is 0 Å². The van der Waals surface area contributed by atoms with E-state index < -0.39 is 0 Å². The Hall–Kier alpha value is -2.14. The number of carbonyl (C=O) groups is 1. The lowest BCUT2D eigenvalue weighted by atomic mass is 10.0. The first-order chi connectivity index (χ1) is 10.0. The molecule has 5 heteroatoms. The fourth-order valence-corrected chi connectivity index (χ4v) is 2.29. The molecule has 1 aromatic carbocycles. The van der Waals surface area contributed by atoms with Gasteiger partial charge in [0.15, 0.2) is 0 Å². The monoisotopic (exact) mass is 288 g/mol. The van der Waals surface area contributed by atoms with E-state index in [0.717, 1.165) is 5.39 Å². The van der Waals surface area contributed by atoms with E-state index >= 15 is 0 Å². The fourth-order valence-electron chi connectivity index (χ4n) is 2.29. The number of amides is 1. The number of aromatic nitrogens is 1. The highest BCUT2D eigenvalue weighted by Gasteiger charge is 2.17. The number of aromatic amines is 1. The number of aliphatic hydroxyl groups excluding tert-OH is 1. The minimum absolute atomic E-state index is 0.0113. The second kappa shape index (κ2) is 6.54. The maximum absolute atomic E-state index is 12.3. The van der Waals surface area contributed by atoms with Crippen LogP contribution < -0.4 is 10.9 Å². The molecule has 1 unspecified atom stereocenters. The van der Waals surface area contributed by atoms with Crippen molar-refractivity contribution in [3.63, 3.8) is 0 Å². The summed E-state index contributed by atoms with van der Waals surface area (Å²) in [6.45, 7) is 3.96. The Morgan fingerprint density at radius 3 is 2.71 bits per heavy atom. The minimum Gasteiger partial charge on any atom is -0.396 e. The summed E-state index contributed by atoms with van der Waals surface area (Å²) in [7, 11) is 0. The van der Waals surface area contributed by atoms with Gasteiger partial charge in [-0.3, -0.25) is 9.59 Å². The Morgan fingerprint density at radius 2 is 2.05 bits per heavy atom. The molecule has 0 aliphatic heterocycles. The standard InChI is InChI=1S/C16H20N2O3/c1-10(2)13(7-8-19)17-16(21)14-9-11-5-3-4-6-12(11)15(20)18-14/h3-6,9-10,13,19H,7-8H2,1-2H3,(H,17,21)(H,18,20). The molecule has 112 valence electrons. The molecule has 0 radical (unpaired) electrons. The molecule has 0 aliphatic rings. The van der Waals surface area contributed by atoms with Crippen molar-refractivity contribution >= 4 is 16.7 Å². The van der Waals surface area contributed by atoms with Crippen molar-refractivity contribution in [2.24, 2.45) is 5.92 Å². The highest BCUT2D eigenvalue weighted by Crippen LogP contribution is 2.11. The van der Waals surface area contributed by atoms with Gasteiger partial charge in [0.1, 0.15) is 5.69 Å². The third-order valence-electron chi connectivity index (χ3n) is 3.56. The SMILES string of the molecule is CC(C)C(CCO)NC(=O)c1cc2ccccc2c(=O)[nH]1. The zero-order chi connectivity index (χ0) is 15.4. The van der Waals surface area contributed by atoms with Gasteiger partial charge in [-0.2, -0.15) is 0 Å². The molecule has 0 aliphatic carbocycles. The molecule has 0 spiro atoms. The van der Waals surface area contributed by atoms with Crippen LogP contribution in [-0.4, -0.2) is 28.6 Å². The Morgan fingerprint density at radius 1 is 1.33 bits per heavy atom. The topological polar surface area (TPSA) is 82.2 Å². The lowest BCUT2D eigenvalue weighted by Crippen LogP contribution is -2.40. The number of hydrogen-bond donors (Lipinski definition) is 3. The van der Waals surface area contributed by atoms with Crippen LogP contribution in [0.3, 0.4) is 0 Å². The van der Waals surface area contributed by atoms with Gasteiger partial charge in [0, 0.05) is 18.0 Å². The number of aliphatic hydroxyl groups is 1. The number of nitrogens with one attached hydrogen (secondary N) is 2. The van der Waals surface area contributed by atoms with E-state index in [2.05, 4.69) is 10.3 Å². The molecule has 0 fully saturated rings. The predicted molar refractivity (Wildman–Crippen MR) is 82.4 cm³/mol. The predicted octanol–water partition coefficient (Wildman–Crippen LogP) is 1.66. The van der Waals surface area contributed by atoms with Gasteiger partial charge in [-0.15, -0.1) is 0 Å². The number of pyridine rings is 1. The van der Waals surface area contributed by atoms with Gasteiger partial charge in [-0.05, 0) is 29.9 Å². The summed E-state index contributed by atoms with van der Waals surface area (Å²) in [5, 5.41) is 13.2. The average Bonchev–Trinajstić information content (AvgIpc) is 2.46. The summed E-state index contributed by atoms with van der Waals surface area (Å²) in [5.74, 6) is -0.127. The normalized spacial score (nSPS) is 12.6. The number of carbonyl (C=O) groups excluding carboxylic acids is 1. The van der Waals surface area contributed by atoms with E-state index in [4.69, 9.17) is 5.11 Å². The highest BCUT2D eigenvalue weighted by atomic mass is 16.3. The number of rotatable bonds is 5. The van der Waals surface area contributed by atoms with E-state index in [0.29, 0.717) is 11.8 Å². The van der Waals surface area contributed by atoms with E-state index in [1.165, 1.54) is 0 Å². The smallest absolute Gasteiger partial charge is 0.268 e. The van der Waals surface area contributed by atoms with Crippen LogP contribution in [0, 0.1) is 5.92 Å². The minimum atomic E-state index is -0.329. The maximum atomic E-state index is 12.3. The molecule has 1 aromatic heterocycles.